The van der Waals surface area contributed by atoms with Crippen molar-refractivity contribution in [2.75, 3.05) is 38.5 Å². The molecule has 0 atom stereocenters. The van der Waals surface area contributed by atoms with Crippen molar-refractivity contribution in [1.82, 2.24) is 15.2 Å². The number of hydrogen-bond donors (Lipinski definition) is 2. The van der Waals surface area contributed by atoms with E-state index in [4.69, 9.17) is 0 Å². The van der Waals surface area contributed by atoms with Crippen molar-refractivity contribution in [1.29, 1.82) is 0 Å². The summed E-state index contributed by atoms with van der Waals surface area (Å²) in [7, 11) is 2.15. The third kappa shape index (κ3) is 4.70. The first kappa shape index (κ1) is 15.8. The number of aromatic nitrogens is 1. The minimum absolute atomic E-state index is 0.0272. The van der Waals surface area contributed by atoms with Crippen molar-refractivity contribution < 1.29 is 4.79 Å². The van der Waals surface area contributed by atoms with Crippen LogP contribution < -0.4 is 10.6 Å². The molecule has 0 saturated carbocycles. The molecule has 1 aromatic heterocycles. The highest BCUT2D eigenvalue weighted by Crippen LogP contribution is 2.16. The zero-order valence-corrected chi connectivity index (χ0v) is 13.1. The average molecular weight is 290 g/mol. The van der Waals surface area contributed by atoms with Crippen LogP contribution in [0.15, 0.2) is 18.3 Å². The van der Waals surface area contributed by atoms with Crippen LogP contribution in [0.25, 0.3) is 0 Å². The smallest absolute Gasteiger partial charge is 0.255 e. The Morgan fingerprint density at radius 1 is 1.43 bits per heavy atom. The van der Waals surface area contributed by atoms with Crippen LogP contribution in [0.1, 0.15) is 36.5 Å². The third-order valence-electron chi connectivity index (χ3n) is 3.98. The highest BCUT2D eigenvalue weighted by Gasteiger charge is 2.18. The number of hydrogen-bond acceptors (Lipinski definition) is 4. The lowest BCUT2D eigenvalue weighted by atomic mass is 9.97. The van der Waals surface area contributed by atoms with E-state index in [2.05, 4.69) is 34.5 Å². The Labute approximate surface area is 127 Å². The maximum absolute atomic E-state index is 12.3. The first-order chi connectivity index (χ1) is 10.2. The summed E-state index contributed by atoms with van der Waals surface area (Å²) in [4.78, 5) is 18.9. The Kier molecular flexibility index (Phi) is 5.99. The first-order valence-corrected chi connectivity index (χ1v) is 7.86. The van der Waals surface area contributed by atoms with Crippen molar-refractivity contribution in [2.24, 2.45) is 5.92 Å². The van der Waals surface area contributed by atoms with Gasteiger partial charge in [0, 0.05) is 19.3 Å². The summed E-state index contributed by atoms with van der Waals surface area (Å²) in [5, 5.41) is 6.27. The van der Waals surface area contributed by atoms with Crippen molar-refractivity contribution in [3.8, 4) is 0 Å². The lowest BCUT2D eigenvalue weighted by Crippen LogP contribution is -2.37. The standard InChI is InChI=1S/C16H26N4O/c1-3-8-17-15-14(5-4-9-18-15)16(21)19-12-13-6-10-20(2)11-7-13/h4-5,9,13H,3,6-8,10-12H2,1-2H3,(H,17,18)(H,19,21). The SMILES string of the molecule is CCCNc1ncccc1C(=O)NCC1CCN(C)CC1. The fraction of sp³-hybridized carbons (Fsp3) is 0.625. The molecule has 2 N–H and O–H groups in total. The number of likely N-dealkylation sites (tertiary alicyclic amines) is 1. The summed E-state index contributed by atoms with van der Waals surface area (Å²) < 4.78 is 0. The van der Waals surface area contributed by atoms with Gasteiger partial charge in [0.25, 0.3) is 5.91 Å². The van der Waals surface area contributed by atoms with Crippen LogP contribution in [0, 0.1) is 5.92 Å². The summed E-state index contributed by atoms with van der Waals surface area (Å²) in [5.41, 5.74) is 0.638. The van der Waals surface area contributed by atoms with Crippen LogP contribution in [0.3, 0.4) is 0 Å². The Morgan fingerprint density at radius 2 is 2.19 bits per heavy atom. The maximum atomic E-state index is 12.3. The predicted octanol–water partition coefficient (Wildman–Crippen LogP) is 1.98. The summed E-state index contributed by atoms with van der Waals surface area (Å²) in [6, 6.07) is 3.64. The topological polar surface area (TPSA) is 57.3 Å². The van der Waals surface area contributed by atoms with E-state index in [9.17, 15) is 4.79 Å². The van der Waals surface area contributed by atoms with E-state index >= 15 is 0 Å². The van der Waals surface area contributed by atoms with Gasteiger partial charge in [0.15, 0.2) is 0 Å². The van der Waals surface area contributed by atoms with Crippen molar-refractivity contribution in [2.45, 2.75) is 26.2 Å². The van der Waals surface area contributed by atoms with Gasteiger partial charge in [-0.2, -0.15) is 0 Å². The van der Waals surface area contributed by atoms with Gasteiger partial charge < -0.3 is 15.5 Å². The average Bonchev–Trinajstić information content (AvgIpc) is 2.52. The molecule has 0 radical (unpaired) electrons. The number of nitrogens with zero attached hydrogens (tertiary/aromatic N) is 2. The van der Waals surface area contributed by atoms with Gasteiger partial charge in [-0.25, -0.2) is 4.98 Å². The number of pyridine rings is 1. The fourth-order valence-corrected chi connectivity index (χ4v) is 2.57. The zero-order chi connectivity index (χ0) is 15.1. The molecule has 2 heterocycles. The van der Waals surface area contributed by atoms with Crippen molar-refractivity contribution >= 4 is 11.7 Å². The second kappa shape index (κ2) is 7.98. The molecular weight excluding hydrogens is 264 g/mol. The molecule has 116 valence electrons. The molecule has 0 spiro atoms. The highest BCUT2D eigenvalue weighted by molar-refractivity contribution is 5.98. The van der Waals surface area contributed by atoms with E-state index in [1.807, 2.05) is 12.1 Å². The van der Waals surface area contributed by atoms with E-state index in [0.29, 0.717) is 17.3 Å². The van der Waals surface area contributed by atoms with Crippen LogP contribution in [0.2, 0.25) is 0 Å². The molecule has 5 heteroatoms. The zero-order valence-electron chi connectivity index (χ0n) is 13.1. The van der Waals surface area contributed by atoms with Crippen LogP contribution in [0.4, 0.5) is 5.82 Å². The summed E-state index contributed by atoms with van der Waals surface area (Å²) >= 11 is 0. The van der Waals surface area contributed by atoms with E-state index < -0.39 is 0 Å². The minimum atomic E-state index is -0.0272. The molecule has 5 nitrogen and oxygen atoms in total. The van der Waals surface area contributed by atoms with Crippen LogP contribution in [0.5, 0.6) is 0 Å². The lowest BCUT2D eigenvalue weighted by molar-refractivity contribution is 0.0939. The van der Waals surface area contributed by atoms with Gasteiger partial charge in [-0.15, -0.1) is 0 Å². The third-order valence-corrected chi connectivity index (χ3v) is 3.98. The van der Waals surface area contributed by atoms with Gasteiger partial charge in [-0.1, -0.05) is 6.92 Å². The van der Waals surface area contributed by atoms with E-state index in [1.54, 1.807) is 6.20 Å². The number of anilines is 1. The highest BCUT2D eigenvalue weighted by atomic mass is 16.1. The fourth-order valence-electron chi connectivity index (χ4n) is 2.57. The van der Waals surface area contributed by atoms with E-state index in [1.165, 1.54) is 0 Å². The van der Waals surface area contributed by atoms with Gasteiger partial charge in [0.1, 0.15) is 5.82 Å². The molecule has 1 fully saturated rings. The lowest BCUT2D eigenvalue weighted by Gasteiger charge is -2.29. The van der Waals surface area contributed by atoms with Crippen molar-refractivity contribution in [3.63, 3.8) is 0 Å². The number of rotatable bonds is 6. The molecule has 21 heavy (non-hydrogen) atoms. The number of nitrogens with one attached hydrogen (secondary N) is 2. The molecule has 0 aliphatic carbocycles. The normalized spacial score (nSPS) is 16.7. The molecule has 0 aromatic carbocycles. The van der Waals surface area contributed by atoms with Gasteiger partial charge in [0.05, 0.1) is 5.56 Å². The summed E-state index contributed by atoms with van der Waals surface area (Å²) in [6.07, 6.45) is 5.04. The van der Waals surface area contributed by atoms with Crippen molar-refractivity contribution in [3.05, 3.63) is 23.9 Å². The molecule has 1 aliphatic heterocycles. The molecule has 1 aromatic rings. The summed E-state index contributed by atoms with van der Waals surface area (Å²) in [5.74, 6) is 1.25. The quantitative estimate of drug-likeness (QED) is 0.841. The molecule has 0 bridgehead atoms. The molecule has 1 saturated heterocycles. The van der Waals surface area contributed by atoms with Crippen LogP contribution in [-0.2, 0) is 0 Å². The van der Waals surface area contributed by atoms with Gasteiger partial charge in [0.2, 0.25) is 0 Å². The number of carbonyl (C=O) groups excluding carboxylic acids is 1. The largest absolute Gasteiger partial charge is 0.369 e. The summed E-state index contributed by atoms with van der Waals surface area (Å²) in [6.45, 7) is 5.92. The minimum Gasteiger partial charge on any atom is -0.369 e. The van der Waals surface area contributed by atoms with Crippen LogP contribution >= 0.6 is 0 Å². The molecule has 1 aliphatic rings. The van der Waals surface area contributed by atoms with Gasteiger partial charge >= 0.3 is 0 Å². The number of carbonyl (C=O) groups is 1. The monoisotopic (exact) mass is 290 g/mol. The number of piperidine rings is 1. The number of amides is 1. The second-order valence-corrected chi connectivity index (χ2v) is 5.78. The molecule has 1 amide bonds. The first-order valence-electron chi connectivity index (χ1n) is 7.86. The maximum Gasteiger partial charge on any atom is 0.255 e. The van der Waals surface area contributed by atoms with Gasteiger partial charge in [-0.05, 0) is 57.5 Å². The Bertz CT molecular complexity index is 455. The Morgan fingerprint density at radius 3 is 2.90 bits per heavy atom. The Balaban J connectivity index is 1.88. The van der Waals surface area contributed by atoms with Gasteiger partial charge in [-0.3, -0.25) is 4.79 Å². The molecule has 2 rings (SSSR count). The Hall–Kier alpha value is -1.62. The molecule has 0 unspecified atom stereocenters. The molecular formula is C16H26N4O. The van der Waals surface area contributed by atoms with E-state index in [-0.39, 0.29) is 5.91 Å². The van der Waals surface area contributed by atoms with Crippen LogP contribution in [-0.4, -0.2) is 49.0 Å². The predicted molar refractivity (Wildman–Crippen MR) is 85.6 cm³/mol. The second-order valence-electron chi connectivity index (χ2n) is 5.78. The van der Waals surface area contributed by atoms with E-state index in [0.717, 1.165) is 45.4 Å².